The molecule has 2 rings (SSSR count). The van der Waals surface area contributed by atoms with Crippen LogP contribution in [0.5, 0.6) is 0 Å². The molecule has 1 amide bonds. The van der Waals surface area contributed by atoms with Crippen molar-refractivity contribution in [2.75, 3.05) is 13.2 Å². The average Bonchev–Trinajstić information content (AvgIpc) is 2.59. The molecular weight excluding hydrogens is 290 g/mol. The third kappa shape index (κ3) is 5.14. The fourth-order valence-electron chi connectivity index (χ4n) is 2.24. The zero-order chi connectivity index (χ0) is 16.7. The smallest absolute Gasteiger partial charge is 0.252 e. The van der Waals surface area contributed by atoms with Gasteiger partial charge in [-0.25, -0.2) is 0 Å². The van der Waals surface area contributed by atoms with Crippen molar-refractivity contribution in [3.8, 4) is 0 Å². The molecule has 2 aromatic rings. The standard InChI is InChI=1S/C18H23N3O2/c1-13(2)17-7-6-15(11-20-17)18(23)21-10-14(12-22)9-16-5-3-4-8-19-16/h3-8,11,13-14,22H,9-10,12H2,1-2H3,(H,21,23). The molecule has 2 aromatic heterocycles. The summed E-state index contributed by atoms with van der Waals surface area (Å²) >= 11 is 0. The van der Waals surface area contributed by atoms with E-state index < -0.39 is 0 Å². The molecule has 122 valence electrons. The number of aliphatic hydroxyl groups is 1. The van der Waals surface area contributed by atoms with Gasteiger partial charge in [-0.3, -0.25) is 14.8 Å². The maximum absolute atomic E-state index is 12.2. The first-order valence-corrected chi connectivity index (χ1v) is 7.85. The fraction of sp³-hybridized carbons (Fsp3) is 0.389. The number of carbonyl (C=O) groups excluding carboxylic acids is 1. The van der Waals surface area contributed by atoms with E-state index in [4.69, 9.17) is 0 Å². The van der Waals surface area contributed by atoms with Crippen molar-refractivity contribution in [3.63, 3.8) is 0 Å². The second-order valence-corrected chi connectivity index (χ2v) is 5.91. The Morgan fingerprint density at radius 2 is 2.04 bits per heavy atom. The van der Waals surface area contributed by atoms with Crippen LogP contribution in [0, 0.1) is 5.92 Å². The summed E-state index contributed by atoms with van der Waals surface area (Å²) in [6, 6.07) is 9.34. The van der Waals surface area contributed by atoms with E-state index in [0.29, 0.717) is 24.4 Å². The molecule has 23 heavy (non-hydrogen) atoms. The quantitative estimate of drug-likeness (QED) is 0.821. The summed E-state index contributed by atoms with van der Waals surface area (Å²) < 4.78 is 0. The zero-order valence-electron chi connectivity index (χ0n) is 13.6. The fourth-order valence-corrected chi connectivity index (χ4v) is 2.24. The first-order valence-electron chi connectivity index (χ1n) is 7.85. The minimum Gasteiger partial charge on any atom is -0.396 e. The summed E-state index contributed by atoms with van der Waals surface area (Å²) in [4.78, 5) is 20.7. The summed E-state index contributed by atoms with van der Waals surface area (Å²) in [5.41, 5.74) is 2.40. The maximum Gasteiger partial charge on any atom is 0.252 e. The molecule has 0 aliphatic rings. The zero-order valence-corrected chi connectivity index (χ0v) is 13.6. The second kappa shape index (κ2) is 8.39. The SMILES string of the molecule is CC(C)c1ccc(C(=O)NCC(CO)Cc2ccccn2)cn1. The Morgan fingerprint density at radius 1 is 1.22 bits per heavy atom. The van der Waals surface area contributed by atoms with E-state index in [1.165, 1.54) is 0 Å². The normalized spacial score (nSPS) is 12.2. The van der Waals surface area contributed by atoms with Gasteiger partial charge in [-0.05, 0) is 36.6 Å². The minimum absolute atomic E-state index is 0.00138. The third-order valence-corrected chi connectivity index (χ3v) is 3.67. The van der Waals surface area contributed by atoms with E-state index in [9.17, 15) is 9.90 Å². The van der Waals surface area contributed by atoms with Gasteiger partial charge in [0.1, 0.15) is 0 Å². The summed E-state index contributed by atoms with van der Waals surface area (Å²) in [7, 11) is 0. The lowest BCUT2D eigenvalue weighted by Gasteiger charge is -2.15. The van der Waals surface area contributed by atoms with Gasteiger partial charge in [0.15, 0.2) is 0 Å². The van der Waals surface area contributed by atoms with Crippen LogP contribution < -0.4 is 5.32 Å². The number of aliphatic hydroxyl groups excluding tert-OH is 1. The molecule has 0 bridgehead atoms. The van der Waals surface area contributed by atoms with Gasteiger partial charge in [0.05, 0.1) is 5.56 Å². The molecular formula is C18H23N3O2. The van der Waals surface area contributed by atoms with Crippen molar-refractivity contribution < 1.29 is 9.90 Å². The van der Waals surface area contributed by atoms with Gasteiger partial charge in [0.25, 0.3) is 5.91 Å². The molecule has 1 atom stereocenters. The van der Waals surface area contributed by atoms with E-state index in [2.05, 4.69) is 29.1 Å². The molecule has 1 unspecified atom stereocenters. The number of carbonyl (C=O) groups is 1. The highest BCUT2D eigenvalue weighted by atomic mass is 16.3. The first kappa shape index (κ1) is 17.1. The van der Waals surface area contributed by atoms with Gasteiger partial charge in [0, 0.05) is 42.9 Å². The van der Waals surface area contributed by atoms with Gasteiger partial charge in [-0.1, -0.05) is 19.9 Å². The van der Waals surface area contributed by atoms with Crippen LogP contribution in [0.15, 0.2) is 42.7 Å². The topological polar surface area (TPSA) is 75.1 Å². The number of nitrogens with zero attached hydrogens (tertiary/aromatic N) is 2. The van der Waals surface area contributed by atoms with Crippen LogP contribution in [0.25, 0.3) is 0 Å². The highest BCUT2D eigenvalue weighted by Gasteiger charge is 2.13. The Hall–Kier alpha value is -2.27. The summed E-state index contributed by atoms with van der Waals surface area (Å²) in [5, 5.41) is 12.3. The van der Waals surface area contributed by atoms with E-state index in [0.717, 1.165) is 11.4 Å². The van der Waals surface area contributed by atoms with Gasteiger partial charge in [-0.2, -0.15) is 0 Å². The average molecular weight is 313 g/mol. The first-order chi connectivity index (χ1) is 11.1. The Bertz CT molecular complexity index is 612. The van der Waals surface area contributed by atoms with Crippen molar-refractivity contribution in [2.24, 2.45) is 5.92 Å². The number of rotatable bonds is 7. The van der Waals surface area contributed by atoms with Crippen LogP contribution in [0.2, 0.25) is 0 Å². The Balaban J connectivity index is 1.89. The maximum atomic E-state index is 12.2. The lowest BCUT2D eigenvalue weighted by atomic mass is 10.0. The van der Waals surface area contributed by atoms with E-state index in [-0.39, 0.29) is 18.4 Å². The number of amides is 1. The largest absolute Gasteiger partial charge is 0.396 e. The van der Waals surface area contributed by atoms with Crippen LogP contribution in [0.3, 0.4) is 0 Å². The molecule has 0 aliphatic carbocycles. The number of hydrogen-bond acceptors (Lipinski definition) is 4. The van der Waals surface area contributed by atoms with Crippen LogP contribution in [-0.4, -0.2) is 34.1 Å². The molecule has 2 N–H and O–H groups in total. The van der Waals surface area contributed by atoms with Crippen molar-refractivity contribution in [2.45, 2.75) is 26.2 Å². The van der Waals surface area contributed by atoms with Gasteiger partial charge < -0.3 is 10.4 Å². The molecule has 0 aromatic carbocycles. The van der Waals surface area contributed by atoms with E-state index >= 15 is 0 Å². The highest BCUT2D eigenvalue weighted by molar-refractivity contribution is 5.93. The van der Waals surface area contributed by atoms with Crippen LogP contribution in [0.4, 0.5) is 0 Å². The summed E-state index contributed by atoms with van der Waals surface area (Å²) in [5.74, 6) is 0.105. The molecule has 0 spiro atoms. The number of pyridine rings is 2. The Kier molecular flexibility index (Phi) is 6.23. The molecule has 5 heteroatoms. The molecule has 2 heterocycles. The molecule has 5 nitrogen and oxygen atoms in total. The molecule has 0 saturated carbocycles. The van der Waals surface area contributed by atoms with E-state index in [1.54, 1.807) is 18.5 Å². The number of aromatic nitrogens is 2. The predicted octanol–water partition coefficient (Wildman–Crippen LogP) is 2.18. The van der Waals surface area contributed by atoms with Crippen molar-refractivity contribution >= 4 is 5.91 Å². The van der Waals surface area contributed by atoms with Gasteiger partial charge in [-0.15, -0.1) is 0 Å². The lowest BCUT2D eigenvalue weighted by molar-refractivity contribution is 0.0939. The van der Waals surface area contributed by atoms with Crippen LogP contribution >= 0.6 is 0 Å². The monoisotopic (exact) mass is 313 g/mol. The molecule has 0 fully saturated rings. The lowest BCUT2D eigenvalue weighted by Crippen LogP contribution is -2.32. The molecule has 0 radical (unpaired) electrons. The van der Waals surface area contributed by atoms with Crippen molar-refractivity contribution in [3.05, 3.63) is 59.7 Å². The van der Waals surface area contributed by atoms with Gasteiger partial charge in [0.2, 0.25) is 0 Å². The van der Waals surface area contributed by atoms with Crippen molar-refractivity contribution in [1.29, 1.82) is 0 Å². The molecule has 0 saturated heterocycles. The van der Waals surface area contributed by atoms with Crippen LogP contribution in [-0.2, 0) is 6.42 Å². The summed E-state index contributed by atoms with van der Waals surface area (Å²) in [6.45, 7) is 4.52. The Labute approximate surface area is 136 Å². The van der Waals surface area contributed by atoms with E-state index in [1.807, 2.05) is 24.3 Å². The van der Waals surface area contributed by atoms with Gasteiger partial charge >= 0.3 is 0 Å². The minimum atomic E-state index is -0.174. The highest BCUT2D eigenvalue weighted by Crippen LogP contribution is 2.11. The van der Waals surface area contributed by atoms with Crippen molar-refractivity contribution in [1.82, 2.24) is 15.3 Å². The van der Waals surface area contributed by atoms with Crippen LogP contribution in [0.1, 0.15) is 41.5 Å². The predicted molar refractivity (Wildman–Crippen MR) is 89.2 cm³/mol. The Morgan fingerprint density at radius 3 is 2.61 bits per heavy atom. The number of nitrogens with one attached hydrogen (secondary N) is 1. The third-order valence-electron chi connectivity index (χ3n) is 3.67. The summed E-state index contributed by atoms with van der Waals surface area (Å²) in [6.07, 6.45) is 3.95. The molecule has 0 aliphatic heterocycles. The number of hydrogen-bond donors (Lipinski definition) is 2. The second-order valence-electron chi connectivity index (χ2n) is 5.91.